The lowest BCUT2D eigenvalue weighted by Gasteiger charge is -2.36. The number of hydrogen-bond donors (Lipinski definition) is 0. The van der Waals surface area contributed by atoms with Gasteiger partial charge in [-0.15, -0.1) is 0 Å². The number of ether oxygens (including phenoxy) is 1. The predicted octanol–water partition coefficient (Wildman–Crippen LogP) is 5.20. The molecule has 0 spiro atoms. The molecule has 1 atom stereocenters. The van der Waals surface area contributed by atoms with E-state index in [-0.39, 0.29) is 11.1 Å². The maximum absolute atomic E-state index is 12.0. The maximum Gasteiger partial charge on any atom is 0.242 e. The summed E-state index contributed by atoms with van der Waals surface area (Å²) in [5.74, 6) is 0.654. The first kappa shape index (κ1) is 18.7. The van der Waals surface area contributed by atoms with Gasteiger partial charge in [0.1, 0.15) is 11.9 Å². The summed E-state index contributed by atoms with van der Waals surface area (Å²) in [6.07, 6.45) is 0.186. The van der Waals surface area contributed by atoms with Crippen LogP contribution in [0.1, 0.15) is 38.0 Å². The van der Waals surface area contributed by atoms with Gasteiger partial charge < -0.3 is 13.7 Å². The number of rotatable bonds is 6. The third-order valence-corrected chi connectivity index (χ3v) is 9.62. The van der Waals surface area contributed by atoms with Crippen molar-refractivity contribution >= 4 is 15.7 Å². The molecule has 130 valence electrons. The van der Waals surface area contributed by atoms with E-state index in [0.717, 1.165) is 17.7 Å². The Bertz CT molecular complexity index is 612. The van der Waals surface area contributed by atoms with Crippen LogP contribution in [-0.2, 0) is 20.3 Å². The zero-order valence-corrected chi connectivity index (χ0v) is 17.2. The molecule has 2 rings (SSSR count). The molecule has 0 aromatic heterocycles. The number of hydrogen-bond acceptors (Lipinski definition) is 4. The van der Waals surface area contributed by atoms with Crippen LogP contribution in [0, 0.1) is 0 Å². The van der Waals surface area contributed by atoms with Gasteiger partial charge in [0.05, 0.1) is 13.2 Å². The molecule has 1 aromatic carbocycles. The molecule has 1 aliphatic rings. The molecule has 6 heteroatoms. The van der Waals surface area contributed by atoms with Crippen LogP contribution in [0.15, 0.2) is 18.2 Å². The highest BCUT2D eigenvalue weighted by atomic mass is 31.2. The minimum Gasteiger partial charge on any atom is -0.443 e. The summed E-state index contributed by atoms with van der Waals surface area (Å²) in [7, 11) is -4.46. The fraction of sp³-hybridized carbons (Fsp3) is 0.647. The molecule has 23 heavy (non-hydrogen) atoms. The summed E-state index contributed by atoms with van der Waals surface area (Å²) in [6.45, 7) is 15.6. The molecule has 0 amide bonds. The quantitative estimate of drug-likeness (QED) is 0.399. The third-order valence-electron chi connectivity index (χ3n) is 4.50. The van der Waals surface area contributed by atoms with E-state index in [0.29, 0.717) is 12.4 Å². The van der Waals surface area contributed by atoms with Gasteiger partial charge in [-0.1, -0.05) is 26.8 Å². The van der Waals surface area contributed by atoms with Crippen LogP contribution in [0.5, 0.6) is 5.75 Å². The van der Waals surface area contributed by atoms with Crippen LogP contribution in [0.25, 0.3) is 0 Å². The van der Waals surface area contributed by atoms with E-state index in [1.807, 2.05) is 12.1 Å². The molecular weight excluding hydrogens is 327 g/mol. The van der Waals surface area contributed by atoms with Crippen LogP contribution in [-0.4, -0.2) is 28.3 Å². The normalized spacial score (nSPS) is 18.8. The molecule has 1 heterocycles. The van der Waals surface area contributed by atoms with Crippen molar-refractivity contribution in [2.24, 2.45) is 0 Å². The number of epoxide rings is 1. The lowest BCUT2D eigenvalue weighted by molar-refractivity contribution is 0.273. The Balaban J connectivity index is 2.23. The van der Waals surface area contributed by atoms with Gasteiger partial charge in [-0.3, -0.25) is 4.57 Å². The minimum atomic E-state index is -2.61. The van der Waals surface area contributed by atoms with Gasteiger partial charge in [0.2, 0.25) is 7.37 Å². The van der Waals surface area contributed by atoms with Gasteiger partial charge in [0.15, 0.2) is 8.32 Å². The summed E-state index contributed by atoms with van der Waals surface area (Å²) in [5, 5.41) is 0.149. The Morgan fingerprint density at radius 2 is 1.91 bits per heavy atom. The van der Waals surface area contributed by atoms with Gasteiger partial charge in [-0.25, -0.2) is 0 Å². The molecule has 0 saturated carbocycles. The van der Waals surface area contributed by atoms with Gasteiger partial charge in [0, 0.05) is 18.9 Å². The minimum absolute atomic E-state index is 0.149. The zero-order chi connectivity index (χ0) is 17.5. The average Bonchev–Trinajstić information content (AvgIpc) is 3.18. The zero-order valence-electron chi connectivity index (χ0n) is 15.3. The molecule has 0 unspecified atom stereocenters. The third kappa shape index (κ3) is 5.18. The lowest BCUT2D eigenvalue weighted by atomic mass is 10.1. The van der Waals surface area contributed by atoms with Gasteiger partial charge >= 0.3 is 0 Å². The van der Waals surface area contributed by atoms with E-state index in [4.69, 9.17) is 13.7 Å². The first-order valence-electron chi connectivity index (χ1n) is 8.02. The van der Waals surface area contributed by atoms with Crippen LogP contribution in [0.3, 0.4) is 0 Å². The highest BCUT2D eigenvalue weighted by Gasteiger charge is 2.37. The second-order valence-electron chi connectivity index (χ2n) is 8.08. The number of benzene rings is 1. The molecule has 0 bridgehead atoms. The molecule has 1 fully saturated rings. The summed E-state index contributed by atoms with van der Waals surface area (Å²) in [5.41, 5.74) is 2.08. The smallest absolute Gasteiger partial charge is 0.242 e. The van der Waals surface area contributed by atoms with E-state index in [1.54, 1.807) is 13.3 Å². The highest BCUT2D eigenvalue weighted by molar-refractivity contribution is 7.57. The van der Waals surface area contributed by atoms with Crippen LogP contribution in [0.2, 0.25) is 18.1 Å². The highest BCUT2D eigenvalue weighted by Crippen LogP contribution is 2.43. The molecule has 0 aliphatic carbocycles. The van der Waals surface area contributed by atoms with Crippen LogP contribution >= 0.6 is 7.37 Å². The molecule has 1 aromatic rings. The largest absolute Gasteiger partial charge is 0.443 e. The Kier molecular flexibility index (Phi) is 5.18. The van der Waals surface area contributed by atoms with Crippen molar-refractivity contribution in [3.63, 3.8) is 0 Å². The van der Waals surface area contributed by atoms with E-state index in [1.165, 1.54) is 0 Å². The van der Waals surface area contributed by atoms with Gasteiger partial charge in [0.25, 0.3) is 0 Å². The summed E-state index contributed by atoms with van der Waals surface area (Å²) in [4.78, 5) is 0. The fourth-order valence-electron chi connectivity index (χ4n) is 1.95. The molecule has 1 aliphatic heterocycles. The van der Waals surface area contributed by atoms with Crippen molar-refractivity contribution in [2.75, 3.05) is 19.9 Å². The van der Waals surface area contributed by atoms with Crippen molar-refractivity contribution in [1.82, 2.24) is 0 Å². The van der Waals surface area contributed by atoms with E-state index in [2.05, 4.69) is 39.9 Å². The monoisotopic (exact) mass is 356 g/mol. The SMILES string of the molecule is CC(C)(C)[Si](C)(C)OCc1cc([C@@H]2CO2)ccc1OP(C)(C)=O. The van der Waals surface area contributed by atoms with Crippen molar-refractivity contribution in [3.05, 3.63) is 29.3 Å². The summed E-state index contributed by atoms with van der Waals surface area (Å²) in [6, 6.07) is 5.94. The second-order valence-corrected chi connectivity index (χ2v) is 15.6. The molecule has 1 saturated heterocycles. The second kappa shape index (κ2) is 6.36. The first-order valence-corrected chi connectivity index (χ1v) is 13.4. The van der Waals surface area contributed by atoms with E-state index >= 15 is 0 Å². The Morgan fingerprint density at radius 1 is 1.30 bits per heavy atom. The molecular formula is C17H29O4PSi. The Morgan fingerprint density at radius 3 is 2.39 bits per heavy atom. The average molecular weight is 356 g/mol. The maximum atomic E-state index is 12.0. The predicted molar refractivity (Wildman–Crippen MR) is 97.2 cm³/mol. The molecule has 0 radical (unpaired) electrons. The van der Waals surface area contributed by atoms with Crippen molar-refractivity contribution in [1.29, 1.82) is 0 Å². The van der Waals surface area contributed by atoms with Crippen molar-refractivity contribution in [2.45, 2.75) is 51.6 Å². The first-order chi connectivity index (χ1) is 10.4. The van der Waals surface area contributed by atoms with Crippen LogP contribution in [0.4, 0.5) is 0 Å². The fourth-order valence-corrected chi connectivity index (χ4v) is 3.55. The van der Waals surface area contributed by atoms with Gasteiger partial charge in [-0.05, 0) is 35.8 Å². The van der Waals surface area contributed by atoms with Crippen LogP contribution < -0.4 is 4.52 Å². The summed E-state index contributed by atoms with van der Waals surface area (Å²) < 4.78 is 29.4. The van der Waals surface area contributed by atoms with Crippen molar-refractivity contribution in [3.8, 4) is 5.75 Å². The standard InChI is InChI=1S/C17H29O4PSi/c1-17(2,3)23(6,7)20-11-14-10-13(16-12-19-16)8-9-15(14)21-22(4,5)18/h8-10,16H,11-12H2,1-7H3/t16-/m0/s1. The van der Waals surface area contributed by atoms with Crippen molar-refractivity contribution < 1.29 is 18.3 Å². The van der Waals surface area contributed by atoms with Gasteiger partial charge in [-0.2, -0.15) is 0 Å². The van der Waals surface area contributed by atoms with E-state index < -0.39 is 15.7 Å². The topological polar surface area (TPSA) is 48.1 Å². The Labute approximate surface area is 141 Å². The Hall–Kier alpha value is -0.613. The van der Waals surface area contributed by atoms with E-state index in [9.17, 15) is 4.57 Å². The lowest BCUT2D eigenvalue weighted by Crippen LogP contribution is -2.40. The molecule has 0 N–H and O–H groups in total. The molecule has 4 nitrogen and oxygen atoms in total. The summed E-state index contributed by atoms with van der Waals surface area (Å²) >= 11 is 0.